The molecule has 1 aromatic heterocycles. The fourth-order valence-electron chi connectivity index (χ4n) is 2.24. The summed E-state index contributed by atoms with van der Waals surface area (Å²) in [6.45, 7) is 4.06. The van der Waals surface area contributed by atoms with Crippen LogP contribution >= 0.6 is 15.9 Å². The lowest BCUT2D eigenvalue weighted by molar-refractivity contribution is 0.507. The molecule has 1 saturated carbocycles. The van der Waals surface area contributed by atoms with E-state index in [1.165, 1.54) is 31.4 Å². The van der Waals surface area contributed by atoms with Gasteiger partial charge in [-0.2, -0.15) is 0 Å². The molecule has 0 aliphatic heterocycles. The van der Waals surface area contributed by atoms with E-state index in [1.807, 2.05) is 6.20 Å². The first-order chi connectivity index (χ1) is 7.31. The molecule has 0 atom stereocenters. The molecular formula is C11H18BrN3. The van der Waals surface area contributed by atoms with Crippen LogP contribution in [0.2, 0.25) is 0 Å². The molecule has 0 aromatic carbocycles. The zero-order chi connectivity index (χ0) is 10.7. The first-order valence-corrected chi connectivity index (χ1v) is 6.54. The van der Waals surface area contributed by atoms with Crippen LogP contribution in [0.3, 0.4) is 0 Å². The van der Waals surface area contributed by atoms with Crippen LogP contribution in [0.1, 0.15) is 38.3 Å². The van der Waals surface area contributed by atoms with Crippen LogP contribution in [-0.2, 0) is 13.1 Å². The van der Waals surface area contributed by atoms with Crippen molar-refractivity contribution in [2.45, 2.75) is 51.7 Å². The van der Waals surface area contributed by atoms with E-state index in [0.29, 0.717) is 0 Å². The zero-order valence-corrected chi connectivity index (χ0v) is 10.8. The number of nitrogens with zero attached hydrogens (tertiary/aromatic N) is 2. The second-order valence-electron chi connectivity index (χ2n) is 4.13. The molecule has 84 valence electrons. The van der Waals surface area contributed by atoms with Gasteiger partial charge in [-0.05, 0) is 35.7 Å². The van der Waals surface area contributed by atoms with E-state index >= 15 is 0 Å². The van der Waals surface area contributed by atoms with Gasteiger partial charge < -0.3 is 9.88 Å². The number of imidazole rings is 1. The summed E-state index contributed by atoms with van der Waals surface area (Å²) in [6.07, 6.45) is 7.39. The minimum Gasteiger partial charge on any atom is -0.322 e. The van der Waals surface area contributed by atoms with Crippen molar-refractivity contribution in [1.82, 2.24) is 14.9 Å². The van der Waals surface area contributed by atoms with E-state index in [1.54, 1.807) is 0 Å². The second-order valence-corrected chi connectivity index (χ2v) is 4.83. The number of halogens is 1. The fraction of sp³-hybridized carbons (Fsp3) is 0.727. The molecule has 1 heterocycles. The number of rotatable bonds is 4. The molecule has 0 bridgehead atoms. The highest BCUT2D eigenvalue weighted by molar-refractivity contribution is 9.10. The van der Waals surface area contributed by atoms with E-state index in [-0.39, 0.29) is 0 Å². The number of nitrogens with one attached hydrogen (secondary N) is 1. The smallest absolute Gasteiger partial charge is 0.177 e. The normalized spacial score (nSPS) is 17.5. The van der Waals surface area contributed by atoms with Crippen LogP contribution < -0.4 is 5.32 Å². The fourth-order valence-corrected chi connectivity index (χ4v) is 2.82. The van der Waals surface area contributed by atoms with Crippen molar-refractivity contribution in [3.05, 3.63) is 16.6 Å². The molecule has 1 N–H and O–H groups in total. The summed E-state index contributed by atoms with van der Waals surface area (Å²) >= 11 is 3.45. The molecule has 1 aliphatic carbocycles. The van der Waals surface area contributed by atoms with Gasteiger partial charge in [-0.25, -0.2) is 4.98 Å². The SMILES string of the molecule is CCn1c(CNC2CCCC2)cnc1Br. The first kappa shape index (κ1) is 11.1. The molecule has 2 rings (SSSR count). The highest BCUT2D eigenvalue weighted by Gasteiger charge is 2.15. The van der Waals surface area contributed by atoms with E-state index in [0.717, 1.165) is 23.9 Å². The van der Waals surface area contributed by atoms with Crippen molar-refractivity contribution < 1.29 is 0 Å². The lowest BCUT2D eigenvalue weighted by atomic mass is 10.2. The van der Waals surface area contributed by atoms with Crippen molar-refractivity contribution in [1.29, 1.82) is 0 Å². The average molecular weight is 272 g/mol. The maximum atomic E-state index is 4.27. The molecule has 4 heteroatoms. The van der Waals surface area contributed by atoms with Gasteiger partial charge in [-0.3, -0.25) is 0 Å². The van der Waals surface area contributed by atoms with Crippen molar-refractivity contribution in [3.8, 4) is 0 Å². The monoisotopic (exact) mass is 271 g/mol. The third kappa shape index (κ3) is 2.61. The summed E-state index contributed by atoms with van der Waals surface area (Å²) < 4.78 is 3.13. The predicted molar refractivity (Wildman–Crippen MR) is 64.7 cm³/mol. The van der Waals surface area contributed by atoms with Crippen LogP contribution in [0.4, 0.5) is 0 Å². The molecule has 3 nitrogen and oxygen atoms in total. The lowest BCUT2D eigenvalue weighted by Gasteiger charge is -2.12. The van der Waals surface area contributed by atoms with Crippen molar-refractivity contribution in [3.63, 3.8) is 0 Å². The minimum absolute atomic E-state index is 0.726. The van der Waals surface area contributed by atoms with Crippen molar-refractivity contribution in [2.24, 2.45) is 0 Å². The van der Waals surface area contributed by atoms with Crippen molar-refractivity contribution in [2.75, 3.05) is 0 Å². The Balaban J connectivity index is 1.92. The molecule has 1 aromatic rings. The van der Waals surface area contributed by atoms with E-state index in [9.17, 15) is 0 Å². The van der Waals surface area contributed by atoms with Crippen LogP contribution in [0.15, 0.2) is 10.9 Å². The van der Waals surface area contributed by atoms with Gasteiger partial charge in [0.2, 0.25) is 0 Å². The quantitative estimate of drug-likeness (QED) is 0.913. The van der Waals surface area contributed by atoms with Gasteiger partial charge in [0.05, 0.1) is 11.9 Å². The van der Waals surface area contributed by atoms with Crippen LogP contribution in [0, 0.1) is 0 Å². The average Bonchev–Trinajstić information content (AvgIpc) is 2.84. The summed E-state index contributed by atoms with van der Waals surface area (Å²) in [4.78, 5) is 4.27. The second kappa shape index (κ2) is 5.12. The Morgan fingerprint density at radius 1 is 1.53 bits per heavy atom. The summed E-state index contributed by atoms with van der Waals surface area (Å²) in [7, 11) is 0. The maximum absolute atomic E-state index is 4.27. The molecule has 0 amide bonds. The third-order valence-electron chi connectivity index (χ3n) is 3.13. The molecule has 0 unspecified atom stereocenters. The van der Waals surface area contributed by atoms with E-state index in [2.05, 4.69) is 37.7 Å². The molecule has 0 spiro atoms. The largest absolute Gasteiger partial charge is 0.322 e. The Hall–Kier alpha value is -0.350. The minimum atomic E-state index is 0.726. The van der Waals surface area contributed by atoms with Gasteiger partial charge in [0, 0.05) is 19.1 Å². The highest BCUT2D eigenvalue weighted by Crippen LogP contribution is 2.18. The summed E-state index contributed by atoms with van der Waals surface area (Å²) in [5.41, 5.74) is 1.27. The highest BCUT2D eigenvalue weighted by atomic mass is 79.9. The van der Waals surface area contributed by atoms with Gasteiger partial charge in [-0.1, -0.05) is 12.8 Å². The van der Waals surface area contributed by atoms with Gasteiger partial charge in [0.25, 0.3) is 0 Å². The van der Waals surface area contributed by atoms with Crippen LogP contribution in [0.5, 0.6) is 0 Å². The number of hydrogen-bond acceptors (Lipinski definition) is 2. The van der Waals surface area contributed by atoms with Crippen LogP contribution in [-0.4, -0.2) is 15.6 Å². The maximum Gasteiger partial charge on any atom is 0.177 e. The molecule has 15 heavy (non-hydrogen) atoms. The molecule has 0 saturated heterocycles. The number of hydrogen-bond donors (Lipinski definition) is 1. The Bertz CT molecular complexity index is 316. The van der Waals surface area contributed by atoms with E-state index in [4.69, 9.17) is 0 Å². The lowest BCUT2D eigenvalue weighted by Crippen LogP contribution is -2.26. The molecule has 1 aliphatic rings. The van der Waals surface area contributed by atoms with Gasteiger partial charge in [0.15, 0.2) is 4.73 Å². The van der Waals surface area contributed by atoms with Gasteiger partial charge in [-0.15, -0.1) is 0 Å². The van der Waals surface area contributed by atoms with E-state index < -0.39 is 0 Å². The summed E-state index contributed by atoms with van der Waals surface area (Å²) in [6, 6.07) is 0.726. The predicted octanol–water partition coefficient (Wildman–Crippen LogP) is 2.70. The zero-order valence-electron chi connectivity index (χ0n) is 9.17. The van der Waals surface area contributed by atoms with Gasteiger partial charge >= 0.3 is 0 Å². The Kier molecular flexibility index (Phi) is 3.81. The number of aromatic nitrogens is 2. The Morgan fingerprint density at radius 2 is 2.27 bits per heavy atom. The molecule has 1 fully saturated rings. The van der Waals surface area contributed by atoms with Crippen LogP contribution in [0.25, 0.3) is 0 Å². The topological polar surface area (TPSA) is 29.9 Å². The van der Waals surface area contributed by atoms with Gasteiger partial charge in [0.1, 0.15) is 0 Å². The first-order valence-electron chi connectivity index (χ1n) is 5.74. The summed E-state index contributed by atoms with van der Waals surface area (Å²) in [5.74, 6) is 0. The molecule has 0 radical (unpaired) electrons. The third-order valence-corrected chi connectivity index (χ3v) is 3.77. The van der Waals surface area contributed by atoms with Crippen molar-refractivity contribution >= 4 is 15.9 Å². The molecular weight excluding hydrogens is 254 g/mol. The Labute approximate surface area is 99.4 Å². The standard InChI is InChI=1S/C11H18BrN3/c1-2-15-10(8-14-11(15)12)7-13-9-5-3-4-6-9/h8-9,13H,2-7H2,1H3. The summed E-state index contributed by atoms with van der Waals surface area (Å²) in [5, 5.41) is 3.60. The Morgan fingerprint density at radius 3 is 2.93 bits per heavy atom.